The van der Waals surface area contributed by atoms with Crippen LogP contribution in [0.3, 0.4) is 0 Å². The van der Waals surface area contributed by atoms with Gasteiger partial charge < -0.3 is 10.2 Å². The average molecular weight is 420 g/mol. The number of thiophene rings is 1. The van der Waals surface area contributed by atoms with E-state index in [1.807, 2.05) is 36.4 Å². The number of rotatable bonds is 7. The Morgan fingerprint density at radius 1 is 1.03 bits per heavy atom. The summed E-state index contributed by atoms with van der Waals surface area (Å²) in [6, 6.07) is 22.6. The number of benzene rings is 2. The monoisotopic (exact) mass is 419 g/mol. The molecule has 1 aliphatic rings. The van der Waals surface area contributed by atoms with Crippen LogP contribution in [0.4, 0.5) is 11.4 Å². The van der Waals surface area contributed by atoms with Gasteiger partial charge in [-0.05, 0) is 60.0 Å². The highest BCUT2D eigenvalue weighted by atomic mass is 32.1. The number of nitrogens with one attached hydrogen (secondary N) is 2. The number of anilines is 2. The standard InChI is InChI=1S/C25H29N3OS/c1-19-13-15-28(16-14-19)22-11-9-21(10-12-22)27-24(29)18-26-25(23-8-5-17-30-23)20-6-3-2-4-7-20/h2-12,17,19,25-26H,13-16,18H2,1H3,(H,27,29)/t25-/m1/s1. The second-order valence-corrected chi connectivity index (χ2v) is 8.98. The van der Waals surface area contributed by atoms with Crippen molar-refractivity contribution in [1.29, 1.82) is 0 Å². The van der Waals surface area contributed by atoms with E-state index >= 15 is 0 Å². The van der Waals surface area contributed by atoms with Crippen LogP contribution in [0, 0.1) is 5.92 Å². The number of hydrogen-bond acceptors (Lipinski definition) is 4. The van der Waals surface area contributed by atoms with Gasteiger partial charge in [0.1, 0.15) is 0 Å². The van der Waals surface area contributed by atoms with Gasteiger partial charge in [-0.2, -0.15) is 0 Å². The lowest BCUT2D eigenvalue weighted by Gasteiger charge is -2.32. The van der Waals surface area contributed by atoms with Gasteiger partial charge in [0, 0.05) is 29.3 Å². The predicted molar refractivity (Wildman–Crippen MR) is 126 cm³/mol. The lowest BCUT2D eigenvalue weighted by molar-refractivity contribution is -0.115. The summed E-state index contributed by atoms with van der Waals surface area (Å²) in [4.78, 5) is 16.2. The molecule has 2 aromatic carbocycles. The van der Waals surface area contributed by atoms with E-state index in [4.69, 9.17) is 0 Å². The third-order valence-corrected chi connectivity index (χ3v) is 6.66. The number of carbonyl (C=O) groups excluding carboxylic acids is 1. The molecular formula is C25H29N3OS. The fourth-order valence-electron chi connectivity index (χ4n) is 3.91. The third-order valence-electron chi connectivity index (χ3n) is 5.73. The molecule has 4 nitrogen and oxygen atoms in total. The summed E-state index contributed by atoms with van der Waals surface area (Å²) in [6.45, 7) is 4.80. The summed E-state index contributed by atoms with van der Waals surface area (Å²) in [6.07, 6.45) is 2.49. The Morgan fingerprint density at radius 3 is 2.43 bits per heavy atom. The number of nitrogens with zero attached hydrogens (tertiary/aromatic N) is 1. The van der Waals surface area contributed by atoms with Gasteiger partial charge in [0.05, 0.1) is 12.6 Å². The molecule has 0 unspecified atom stereocenters. The van der Waals surface area contributed by atoms with Crippen LogP contribution < -0.4 is 15.5 Å². The first-order valence-corrected chi connectivity index (χ1v) is 11.5. The maximum Gasteiger partial charge on any atom is 0.238 e. The lowest BCUT2D eigenvalue weighted by Crippen LogP contribution is -2.32. The Kier molecular flexibility index (Phi) is 6.82. The van der Waals surface area contributed by atoms with Crippen molar-refractivity contribution < 1.29 is 4.79 Å². The molecule has 0 aliphatic carbocycles. The highest BCUT2D eigenvalue weighted by Gasteiger charge is 2.17. The number of piperidine rings is 1. The van der Waals surface area contributed by atoms with Gasteiger partial charge >= 0.3 is 0 Å². The quantitative estimate of drug-likeness (QED) is 0.546. The lowest BCUT2D eigenvalue weighted by atomic mass is 9.99. The predicted octanol–water partition coefficient (Wildman–Crippen LogP) is 5.30. The van der Waals surface area contributed by atoms with Crippen molar-refractivity contribution in [2.24, 2.45) is 5.92 Å². The van der Waals surface area contributed by atoms with E-state index in [0.29, 0.717) is 0 Å². The molecule has 2 N–H and O–H groups in total. The molecule has 0 bridgehead atoms. The van der Waals surface area contributed by atoms with Crippen LogP contribution in [-0.4, -0.2) is 25.5 Å². The van der Waals surface area contributed by atoms with Gasteiger partial charge in [0.15, 0.2) is 0 Å². The van der Waals surface area contributed by atoms with E-state index in [1.165, 1.54) is 23.4 Å². The Labute approximate surface area is 182 Å². The van der Waals surface area contributed by atoms with Crippen LogP contribution in [0.15, 0.2) is 72.1 Å². The van der Waals surface area contributed by atoms with Gasteiger partial charge in [0.2, 0.25) is 5.91 Å². The minimum atomic E-state index is -0.0352. The van der Waals surface area contributed by atoms with Gasteiger partial charge in [0.25, 0.3) is 0 Å². The number of hydrogen-bond donors (Lipinski definition) is 2. The van der Waals surface area contributed by atoms with E-state index < -0.39 is 0 Å². The van der Waals surface area contributed by atoms with E-state index in [2.05, 4.69) is 58.2 Å². The molecule has 3 aromatic rings. The SMILES string of the molecule is CC1CCN(c2ccc(NC(=O)CN[C@H](c3ccccc3)c3cccs3)cc2)CC1. The van der Waals surface area contributed by atoms with Gasteiger partial charge in [-0.15, -0.1) is 11.3 Å². The largest absolute Gasteiger partial charge is 0.372 e. The molecule has 30 heavy (non-hydrogen) atoms. The Morgan fingerprint density at radius 2 is 1.77 bits per heavy atom. The van der Waals surface area contributed by atoms with E-state index in [-0.39, 0.29) is 18.5 Å². The van der Waals surface area contributed by atoms with Gasteiger partial charge in [-0.25, -0.2) is 0 Å². The zero-order valence-corrected chi connectivity index (χ0v) is 18.2. The Balaban J connectivity index is 1.33. The summed E-state index contributed by atoms with van der Waals surface area (Å²) in [7, 11) is 0. The Bertz CT molecular complexity index is 917. The first kappa shape index (κ1) is 20.6. The molecule has 0 radical (unpaired) electrons. The molecule has 0 spiro atoms. The van der Waals surface area contributed by atoms with Crippen molar-refractivity contribution in [2.75, 3.05) is 29.9 Å². The normalized spacial score (nSPS) is 15.7. The topological polar surface area (TPSA) is 44.4 Å². The van der Waals surface area contributed by atoms with Crippen LogP contribution in [0.2, 0.25) is 0 Å². The second-order valence-electron chi connectivity index (χ2n) is 8.00. The molecule has 0 saturated carbocycles. The van der Waals surface area contributed by atoms with Crippen molar-refractivity contribution >= 4 is 28.6 Å². The zero-order valence-electron chi connectivity index (χ0n) is 17.4. The number of amides is 1. The molecule has 1 atom stereocenters. The first-order valence-electron chi connectivity index (χ1n) is 10.7. The van der Waals surface area contributed by atoms with Crippen LogP contribution in [0.1, 0.15) is 36.2 Å². The fraction of sp³-hybridized carbons (Fsp3) is 0.320. The van der Waals surface area contributed by atoms with Crippen molar-refractivity contribution in [3.63, 3.8) is 0 Å². The Hall–Kier alpha value is -2.63. The highest BCUT2D eigenvalue weighted by molar-refractivity contribution is 7.10. The molecule has 1 aromatic heterocycles. The fourth-order valence-corrected chi connectivity index (χ4v) is 4.73. The first-order chi connectivity index (χ1) is 14.7. The van der Waals surface area contributed by atoms with Gasteiger partial charge in [-0.1, -0.05) is 43.3 Å². The molecule has 4 rings (SSSR count). The molecule has 1 saturated heterocycles. The maximum absolute atomic E-state index is 12.6. The minimum Gasteiger partial charge on any atom is -0.372 e. The number of carbonyl (C=O) groups is 1. The minimum absolute atomic E-state index is 0.0146. The van der Waals surface area contributed by atoms with Crippen molar-refractivity contribution in [3.8, 4) is 0 Å². The van der Waals surface area contributed by atoms with Crippen molar-refractivity contribution in [2.45, 2.75) is 25.8 Å². The van der Waals surface area contributed by atoms with E-state index in [9.17, 15) is 4.79 Å². The van der Waals surface area contributed by atoms with Crippen molar-refractivity contribution in [1.82, 2.24) is 5.32 Å². The summed E-state index contributed by atoms with van der Waals surface area (Å²) < 4.78 is 0. The highest BCUT2D eigenvalue weighted by Crippen LogP contribution is 2.26. The van der Waals surface area contributed by atoms with Gasteiger partial charge in [-0.3, -0.25) is 10.1 Å². The average Bonchev–Trinajstić information content (AvgIpc) is 3.30. The maximum atomic E-state index is 12.6. The van der Waals surface area contributed by atoms with Crippen LogP contribution in [0.25, 0.3) is 0 Å². The van der Waals surface area contributed by atoms with Crippen LogP contribution >= 0.6 is 11.3 Å². The smallest absolute Gasteiger partial charge is 0.238 e. The molecule has 1 aliphatic heterocycles. The van der Waals surface area contributed by atoms with Crippen molar-refractivity contribution in [3.05, 3.63) is 82.6 Å². The van der Waals surface area contributed by atoms with Crippen LogP contribution in [0.5, 0.6) is 0 Å². The zero-order chi connectivity index (χ0) is 20.8. The summed E-state index contributed by atoms with van der Waals surface area (Å²) in [5.41, 5.74) is 3.23. The summed E-state index contributed by atoms with van der Waals surface area (Å²) >= 11 is 1.70. The van der Waals surface area contributed by atoms with Crippen LogP contribution in [-0.2, 0) is 4.79 Å². The summed E-state index contributed by atoms with van der Waals surface area (Å²) in [5.74, 6) is 0.785. The molecule has 5 heteroatoms. The molecule has 2 heterocycles. The third kappa shape index (κ3) is 5.29. The molecule has 1 fully saturated rings. The molecular weight excluding hydrogens is 390 g/mol. The molecule has 156 valence electrons. The second kappa shape index (κ2) is 9.92. The van der Waals surface area contributed by atoms with E-state index in [1.54, 1.807) is 11.3 Å². The summed E-state index contributed by atoms with van der Waals surface area (Å²) in [5, 5.41) is 8.50. The molecule has 1 amide bonds. The van der Waals surface area contributed by atoms with E-state index in [0.717, 1.165) is 30.3 Å².